The van der Waals surface area contributed by atoms with Crippen LogP contribution < -0.4 is 5.32 Å². The first-order valence-electron chi connectivity index (χ1n) is 12.8. The van der Waals surface area contributed by atoms with Gasteiger partial charge in [-0.15, -0.1) is 0 Å². The second kappa shape index (κ2) is 9.82. The molecule has 0 atom stereocenters. The Hall–Kier alpha value is -3.18. The molecule has 0 spiro atoms. The van der Waals surface area contributed by atoms with Gasteiger partial charge in [-0.2, -0.15) is 0 Å². The van der Waals surface area contributed by atoms with Crippen molar-refractivity contribution in [2.24, 2.45) is 5.92 Å². The van der Waals surface area contributed by atoms with Crippen molar-refractivity contribution in [3.8, 4) is 0 Å². The summed E-state index contributed by atoms with van der Waals surface area (Å²) in [6.07, 6.45) is 2.92. The molecule has 3 heterocycles. The number of rotatable bonds is 7. The van der Waals surface area contributed by atoms with Crippen LogP contribution in [0, 0.1) is 19.8 Å². The van der Waals surface area contributed by atoms with Crippen LogP contribution in [0.25, 0.3) is 11.2 Å². The molecule has 5 rings (SSSR count). The number of imidazole rings is 1. The molecular weight excluding hydrogens is 432 g/mol. The lowest BCUT2D eigenvalue weighted by molar-refractivity contribution is 0.0970. The fraction of sp³-hybridized carbons (Fsp3) is 0.400. The topological polar surface area (TPSA) is 52.0 Å². The summed E-state index contributed by atoms with van der Waals surface area (Å²) in [5, 5.41) is 3.69. The van der Waals surface area contributed by atoms with Crippen LogP contribution in [-0.4, -0.2) is 21.1 Å². The monoisotopic (exact) mass is 468 g/mol. The summed E-state index contributed by atoms with van der Waals surface area (Å²) >= 11 is 0. The van der Waals surface area contributed by atoms with E-state index in [1.807, 2.05) is 0 Å². The highest BCUT2D eigenvalue weighted by Gasteiger charge is 2.17. The van der Waals surface area contributed by atoms with E-state index in [0.29, 0.717) is 12.5 Å². The van der Waals surface area contributed by atoms with Crippen molar-refractivity contribution < 1.29 is 4.74 Å². The molecule has 1 aliphatic rings. The van der Waals surface area contributed by atoms with E-state index in [0.717, 1.165) is 55.1 Å². The van der Waals surface area contributed by atoms with Crippen LogP contribution in [0.1, 0.15) is 60.1 Å². The number of anilines is 2. The number of nitrogens with zero attached hydrogens (tertiary/aromatic N) is 3. The Morgan fingerprint density at radius 3 is 2.31 bits per heavy atom. The molecule has 35 heavy (non-hydrogen) atoms. The minimum atomic E-state index is 0.554. The maximum absolute atomic E-state index is 5.86. The number of aromatic nitrogens is 3. The molecule has 0 bridgehead atoms. The first kappa shape index (κ1) is 23.6. The van der Waals surface area contributed by atoms with Crippen LogP contribution in [0.2, 0.25) is 0 Å². The summed E-state index contributed by atoms with van der Waals surface area (Å²) in [5.74, 6) is 1.65. The summed E-state index contributed by atoms with van der Waals surface area (Å²) in [6.45, 7) is 13.0. The van der Waals surface area contributed by atoms with Gasteiger partial charge in [-0.25, -0.2) is 9.97 Å². The predicted molar refractivity (Wildman–Crippen MR) is 144 cm³/mol. The van der Waals surface area contributed by atoms with E-state index < -0.39 is 0 Å². The Morgan fingerprint density at radius 1 is 0.943 bits per heavy atom. The molecule has 0 unspecified atom stereocenters. The summed E-state index contributed by atoms with van der Waals surface area (Å²) in [6, 6.07) is 15.6. The Balaban J connectivity index is 1.38. The zero-order valence-electron chi connectivity index (χ0n) is 21.6. The van der Waals surface area contributed by atoms with Gasteiger partial charge in [0.25, 0.3) is 0 Å². The number of nitrogens with one attached hydrogen (secondary N) is 1. The molecule has 0 fully saturated rings. The largest absolute Gasteiger partial charge is 0.377 e. The molecule has 182 valence electrons. The first-order chi connectivity index (χ1) is 16.9. The quantitative estimate of drug-likeness (QED) is 0.329. The van der Waals surface area contributed by atoms with Crippen LogP contribution in [0.4, 0.5) is 11.4 Å². The lowest BCUT2D eigenvalue weighted by Crippen LogP contribution is -2.06. The molecule has 2 aromatic heterocycles. The van der Waals surface area contributed by atoms with Gasteiger partial charge in [-0.1, -0.05) is 45.0 Å². The number of aryl methyl sites for hydroxylation is 5. The molecule has 0 radical (unpaired) electrons. The van der Waals surface area contributed by atoms with E-state index in [1.54, 1.807) is 0 Å². The minimum absolute atomic E-state index is 0.554. The summed E-state index contributed by atoms with van der Waals surface area (Å²) in [4.78, 5) is 9.76. The molecular formula is C30H36N4O. The van der Waals surface area contributed by atoms with Crippen molar-refractivity contribution in [2.45, 2.75) is 67.0 Å². The molecule has 1 N–H and O–H groups in total. The van der Waals surface area contributed by atoms with E-state index in [1.165, 1.54) is 39.2 Å². The smallest absolute Gasteiger partial charge is 0.160 e. The molecule has 1 aliphatic heterocycles. The first-order valence-corrected chi connectivity index (χ1v) is 12.8. The molecule has 5 nitrogen and oxygen atoms in total. The van der Waals surface area contributed by atoms with Crippen LogP contribution in [-0.2, 0) is 37.2 Å². The Bertz CT molecular complexity index is 1370. The van der Waals surface area contributed by atoms with E-state index >= 15 is 0 Å². The Labute approximate surface area is 208 Å². The average Bonchev–Trinajstić information content (AvgIpc) is 3.06. The normalized spacial score (nSPS) is 13.0. The zero-order chi connectivity index (χ0) is 24.5. The number of benzene rings is 2. The fourth-order valence-electron chi connectivity index (χ4n) is 5.03. The van der Waals surface area contributed by atoms with Gasteiger partial charge >= 0.3 is 0 Å². The van der Waals surface area contributed by atoms with Gasteiger partial charge in [-0.05, 0) is 78.6 Å². The van der Waals surface area contributed by atoms with Gasteiger partial charge in [0.15, 0.2) is 5.65 Å². The van der Waals surface area contributed by atoms with Crippen LogP contribution >= 0.6 is 0 Å². The second-order valence-electron chi connectivity index (χ2n) is 10.2. The summed E-state index contributed by atoms with van der Waals surface area (Å²) in [7, 11) is 0. The highest BCUT2D eigenvalue weighted by molar-refractivity contribution is 5.76. The van der Waals surface area contributed by atoms with Gasteiger partial charge in [0, 0.05) is 30.1 Å². The molecule has 0 amide bonds. The zero-order valence-corrected chi connectivity index (χ0v) is 21.6. The number of fused-ring (bicyclic) bond motifs is 3. The molecule has 0 saturated heterocycles. The highest BCUT2D eigenvalue weighted by atomic mass is 16.5. The number of ether oxygens (including phenoxy) is 1. The lowest BCUT2D eigenvalue weighted by atomic mass is 10.0. The lowest BCUT2D eigenvalue weighted by Gasteiger charge is -2.14. The third-order valence-electron chi connectivity index (χ3n) is 6.75. The van der Waals surface area contributed by atoms with Gasteiger partial charge in [0.2, 0.25) is 0 Å². The predicted octanol–water partition coefficient (Wildman–Crippen LogP) is 6.67. The van der Waals surface area contributed by atoms with Crippen molar-refractivity contribution in [3.63, 3.8) is 0 Å². The number of pyridine rings is 1. The van der Waals surface area contributed by atoms with E-state index in [4.69, 9.17) is 14.7 Å². The van der Waals surface area contributed by atoms with Crippen molar-refractivity contribution >= 4 is 22.5 Å². The van der Waals surface area contributed by atoms with E-state index in [9.17, 15) is 0 Å². The van der Waals surface area contributed by atoms with Gasteiger partial charge < -0.3 is 14.6 Å². The number of hydrogen-bond acceptors (Lipinski definition) is 4. The van der Waals surface area contributed by atoms with Crippen LogP contribution in [0.15, 0.2) is 42.5 Å². The summed E-state index contributed by atoms with van der Waals surface area (Å²) in [5.41, 5.74) is 11.9. The standard InChI is InChI=1S/C30H36N4O/c1-6-28-33-29-20(4)13-21(5)31-30(29)34(28)16-22-7-11-26-24(14-22)9-10-25-15-23(8-12-27(25)32-26)18-35-17-19(2)3/h7-8,11-15,19,32H,6,9-10,16-18H2,1-5H3. The maximum Gasteiger partial charge on any atom is 0.160 e. The SMILES string of the molecule is CCc1nc2c(C)cc(C)nc2n1Cc1ccc2c(c1)CCc1cc(COCC(C)C)ccc1N2. The molecule has 2 aromatic carbocycles. The molecule has 5 heteroatoms. The Morgan fingerprint density at radius 2 is 1.63 bits per heavy atom. The van der Waals surface area contributed by atoms with Crippen molar-refractivity contribution in [2.75, 3.05) is 11.9 Å². The molecule has 0 saturated carbocycles. The Kier molecular flexibility index (Phi) is 6.61. The average molecular weight is 469 g/mol. The second-order valence-corrected chi connectivity index (χ2v) is 10.2. The molecule has 4 aromatic rings. The van der Waals surface area contributed by atoms with Crippen molar-refractivity contribution in [1.29, 1.82) is 0 Å². The van der Waals surface area contributed by atoms with Crippen LogP contribution in [0.3, 0.4) is 0 Å². The van der Waals surface area contributed by atoms with Crippen LogP contribution in [0.5, 0.6) is 0 Å². The fourth-order valence-corrected chi connectivity index (χ4v) is 5.03. The highest BCUT2D eigenvalue weighted by Crippen LogP contribution is 2.32. The van der Waals surface area contributed by atoms with E-state index in [2.05, 4.69) is 87.0 Å². The van der Waals surface area contributed by atoms with Gasteiger partial charge in [0.1, 0.15) is 11.3 Å². The van der Waals surface area contributed by atoms with Crippen molar-refractivity contribution in [3.05, 3.63) is 81.8 Å². The van der Waals surface area contributed by atoms with E-state index in [-0.39, 0.29) is 0 Å². The van der Waals surface area contributed by atoms with Gasteiger partial charge in [-0.3, -0.25) is 0 Å². The summed E-state index contributed by atoms with van der Waals surface area (Å²) < 4.78 is 8.15. The van der Waals surface area contributed by atoms with Crippen molar-refractivity contribution in [1.82, 2.24) is 14.5 Å². The molecule has 0 aliphatic carbocycles. The number of hydrogen-bond donors (Lipinski definition) is 1. The maximum atomic E-state index is 5.86. The third-order valence-corrected chi connectivity index (χ3v) is 6.75. The van der Waals surface area contributed by atoms with Gasteiger partial charge in [0.05, 0.1) is 13.2 Å². The minimum Gasteiger partial charge on any atom is -0.377 e. The third kappa shape index (κ3) is 4.96.